The first-order valence-corrected chi connectivity index (χ1v) is 7.40. The Morgan fingerprint density at radius 1 is 0.913 bits per heavy atom. The number of nitrogens with two attached hydrogens (primary N) is 1. The second-order valence-electron chi connectivity index (χ2n) is 4.76. The average Bonchev–Trinajstić information content (AvgIpc) is 2.47. The summed E-state index contributed by atoms with van der Waals surface area (Å²) in [6, 6.07) is 17.2. The number of hydrogen-bond donors (Lipinski definition) is 2. The van der Waals surface area contributed by atoms with E-state index in [0.29, 0.717) is 0 Å². The van der Waals surface area contributed by atoms with Crippen LogP contribution in [0.1, 0.15) is 5.56 Å². The predicted octanol–water partition coefficient (Wildman–Crippen LogP) is 6.07. The third-order valence-corrected chi connectivity index (χ3v) is 3.51. The van der Waals surface area contributed by atoms with E-state index in [-0.39, 0.29) is 9.92 Å². The number of halogens is 4. The molecule has 120 valence electrons. The molecule has 6 heteroatoms. The normalized spacial score (nSPS) is 11.0. The van der Waals surface area contributed by atoms with E-state index in [1.807, 2.05) is 30.3 Å². The Kier molecular flexibility index (Phi) is 5.44. The summed E-state index contributed by atoms with van der Waals surface area (Å²) >= 11 is 9.18. The van der Waals surface area contributed by atoms with Gasteiger partial charge in [-0.25, -0.2) is 0 Å². The molecule has 0 saturated heterocycles. The van der Waals surface area contributed by atoms with E-state index in [2.05, 4.69) is 24.8 Å². The number of rotatable bonds is 0. The zero-order valence-electron chi connectivity index (χ0n) is 11.8. The first-order valence-electron chi connectivity index (χ1n) is 6.57. The van der Waals surface area contributed by atoms with E-state index in [1.54, 1.807) is 0 Å². The van der Waals surface area contributed by atoms with Crippen molar-refractivity contribution in [2.75, 3.05) is 5.73 Å². The second kappa shape index (κ2) is 7.15. The minimum absolute atomic E-state index is 0.0369. The van der Waals surface area contributed by atoms with Crippen LogP contribution in [0, 0.1) is 0 Å². The number of benzene rings is 3. The molecule has 0 bridgehead atoms. The summed E-state index contributed by atoms with van der Waals surface area (Å²) in [6.45, 7) is 0. The summed E-state index contributed by atoms with van der Waals surface area (Å²) in [4.78, 5) is 0.204. The van der Waals surface area contributed by atoms with Gasteiger partial charge in [0.05, 0.1) is 5.56 Å². The minimum atomic E-state index is -4.36. The molecule has 0 atom stereocenters. The lowest BCUT2D eigenvalue weighted by Gasteiger charge is -2.06. The smallest absolute Gasteiger partial charge is 0.398 e. The van der Waals surface area contributed by atoms with Crippen molar-refractivity contribution >= 4 is 40.7 Å². The highest BCUT2D eigenvalue weighted by atomic mass is 35.5. The lowest BCUT2D eigenvalue weighted by Crippen LogP contribution is -2.04. The Morgan fingerprint density at radius 2 is 1.57 bits per heavy atom. The highest BCUT2D eigenvalue weighted by molar-refractivity contribution is 7.80. The fraction of sp³-hybridized carbons (Fsp3) is 0.0588. The first-order chi connectivity index (χ1) is 10.8. The molecule has 0 heterocycles. The monoisotopic (exact) mass is 355 g/mol. The van der Waals surface area contributed by atoms with Crippen molar-refractivity contribution in [3.63, 3.8) is 0 Å². The maximum Gasteiger partial charge on any atom is 0.416 e. The Labute approximate surface area is 142 Å². The fourth-order valence-electron chi connectivity index (χ4n) is 1.99. The average molecular weight is 356 g/mol. The molecular formula is C17H13ClF3NS. The molecule has 0 fully saturated rings. The Balaban J connectivity index is 0.000000167. The van der Waals surface area contributed by atoms with Crippen LogP contribution in [-0.4, -0.2) is 0 Å². The van der Waals surface area contributed by atoms with Crippen LogP contribution >= 0.6 is 24.2 Å². The first kappa shape index (κ1) is 17.5. The number of nitrogen functional groups attached to an aromatic ring is 1. The van der Waals surface area contributed by atoms with E-state index >= 15 is 0 Å². The molecule has 0 unspecified atom stereocenters. The van der Waals surface area contributed by atoms with E-state index in [1.165, 1.54) is 11.5 Å². The zero-order valence-corrected chi connectivity index (χ0v) is 13.5. The topological polar surface area (TPSA) is 26.0 Å². The van der Waals surface area contributed by atoms with Gasteiger partial charge in [-0.15, -0.1) is 12.6 Å². The van der Waals surface area contributed by atoms with Crippen LogP contribution in [0.3, 0.4) is 0 Å². The number of hydrogen-bond acceptors (Lipinski definition) is 2. The van der Waals surface area contributed by atoms with Gasteiger partial charge in [-0.3, -0.25) is 0 Å². The molecule has 0 aliphatic rings. The molecule has 0 radical (unpaired) electrons. The van der Waals surface area contributed by atoms with Gasteiger partial charge in [-0.2, -0.15) is 13.2 Å². The molecule has 2 N–H and O–H groups in total. The van der Waals surface area contributed by atoms with Crippen molar-refractivity contribution in [1.82, 2.24) is 0 Å². The van der Waals surface area contributed by atoms with Crippen LogP contribution in [0.25, 0.3) is 10.8 Å². The molecule has 0 aliphatic carbocycles. The predicted molar refractivity (Wildman–Crippen MR) is 92.1 cm³/mol. The standard InChI is InChI=1S/C10H9N.C7H4ClF3S/c11-10-7-3-5-8-4-1-2-6-9(8)10;8-5-1-4(7(9,10)11)2-6(12)3-5/h1-7H,11H2;1-3,12H. The van der Waals surface area contributed by atoms with Gasteiger partial charge in [0.15, 0.2) is 0 Å². The SMILES string of the molecule is FC(F)(F)c1cc(S)cc(Cl)c1.Nc1cccc2ccccc12. The molecule has 0 aliphatic heterocycles. The van der Waals surface area contributed by atoms with Crippen molar-refractivity contribution < 1.29 is 13.2 Å². The molecule has 0 spiro atoms. The molecule has 0 saturated carbocycles. The molecule has 1 nitrogen and oxygen atoms in total. The molecule has 0 amide bonds. The van der Waals surface area contributed by atoms with Crippen LogP contribution < -0.4 is 5.73 Å². The highest BCUT2D eigenvalue weighted by Gasteiger charge is 2.30. The summed E-state index contributed by atoms with van der Waals surface area (Å²) in [5.74, 6) is 0. The Morgan fingerprint density at radius 3 is 2.17 bits per heavy atom. The van der Waals surface area contributed by atoms with Crippen LogP contribution in [-0.2, 0) is 6.18 Å². The van der Waals surface area contributed by atoms with Crippen LogP contribution in [0.2, 0.25) is 5.02 Å². The molecule has 3 aromatic carbocycles. The van der Waals surface area contributed by atoms with Gasteiger partial charge >= 0.3 is 6.18 Å². The maximum atomic E-state index is 12.1. The molecule has 23 heavy (non-hydrogen) atoms. The fourth-order valence-corrected chi connectivity index (χ4v) is 2.58. The van der Waals surface area contributed by atoms with Gasteiger partial charge in [0.25, 0.3) is 0 Å². The Bertz CT molecular complexity index is 793. The van der Waals surface area contributed by atoms with E-state index in [4.69, 9.17) is 17.3 Å². The zero-order chi connectivity index (χ0) is 17.0. The van der Waals surface area contributed by atoms with Gasteiger partial charge in [0.2, 0.25) is 0 Å². The van der Waals surface area contributed by atoms with E-state index in [0.717, 1.165) is 23.2 Å². The third kappa shape index (κ3) is 4.81. The number of fused-ring (bicyclic) bond motifs is 1. The molecule has 3 rings (SSSR count). The quantitative estimate of drug-likeness (QED) is 0.371. The van der Waals surface area contributed by atoms with Gasteiger partial charge in [0, 0.05) is 21.0 Å². The minimum Gasteiger partial charge on any atom is -0.398 e. The largest absolute Gasteiger partial charge is 0.416 e. The van der Waals surface area contributed by atoms with Crippen molar-refractivity contribution in [2.24, 2.45) is 0 Å². The lowest BCUT2D eigenvalue weighted by atomic mass is 10.1. The van der Waals surface area contributed by atoms with Crippen LogP contribution in [0.5, 0.6) is 0 Å². The third-order valence-electron chi connectivity index (χ3n) is 3.03. The number of alkyl halides is 3. The number of anilines is 1. The van der Waals surface area contributed by atoms with Crippen LogP contribution in [0.15, 0.2) is 65.6 Å². The van der Waals surface area contributed by atoms with Gasteiger partial charge in [0.1, 0.15) is 0 Å². The van der Waals surface area contributed by atoms with Crippen molar-refractivity contribution in [3.8, 4) is 0 Å². The summed E-state index contributed by atoms with van der Waals surface area (Å²) in [7, 11) is 0. The summed E-state index contributed by atoms with van der Waals surface area (Å²) < 4.78 is 36.2. The summed E-state index contributed by atoms with van der Waals surface area (Å²) in [5.41, 5.74) is 5.83. The van der Waals surface area contributed by atoms with Gasteiger partial charge in [-0.05, 0) is 29.7 Å². The van der Waals surface area contributed by atoms with Crippen molar-refractivity contribution in [2.45, 2.75) is 11.1 Å². The lowest BCUT2D eigenvalue weighted by molar-refractivity contribution is -0.137. The van der Waals surface area contributed by atoms with Gasteiger partial charge < -0.3 is 5.73 Å². The summed E-state index contributed by atoms with van der Waals surface area (Å²) in [5, 5.41) is 2.37. The molecular weight excluding hydrogens is 343 g/mol. The van der Waals surface area contributed by atoms with Crippen LogP contribution in [0.4, 0.5) is 18.9 Å². The van der Waals surface area contributed by atoms with Gasteiger partial charge in [-0.1, -0.05) is 48.0 Å². The number of thiol groups is 1. The Hall–Kier alpha value is -1.85. The molecule has 3 aromatic rings. The van der Waals surface area contributed by atoms with E-state index < -0.39 is 11.7 Å². The molecule has 0 aromatic heterocycles. The maximum absolute atomic E-state index is 12.1. The van der Waals surface area contributed by atoms with Crippen molar-refractivity contribution in [3.05, 3.63) is 71.2 Å². The van der Waals surface area contributed by atoms with Crippen molar-refractivity contribution in [1.29, 1.82) is 0 Å². The second-order valence-corrected chi connectivity index (χ2v) is 5.72. The highest BCUT2D eigenvalue weighted by Crippen LogP contribution is 2.32. The summed E-state index contributed by atoms with van der Waals surface area (Å²) in [6.07, 6.45) is -4.36. The van der Waals surface area contributed by atoms with E-state index in [9.17, 15) is 13.2 Å².